The Morgan fingerprint density at radius 2 is 1.86 bits per heavy atom. The number of para-hydroxylation sites is 1. The van der Waals surface area contributed by atoms with Gasteiger partial charge in [-0.25, -0.2) is 9.78 Å². The van der Waals surface area contributed by atoms with Crippen molar-refractivity contribution in [3.05, 3.63) is 54.1 Å². The molecule has 0 aliphatic heterocycles. The van der Waals surface area contributed by atoms with Gasteiger partial charge < -0.3 is 14.2 Å². The van der Waals surface area contributed by atoms with E-state index in [1.54, 1.807) is 32.1 Å². The number of carbonyl (C=O) groups is 1. The summed E-state index contributed by atoms with van der Waals surface area (Å²) in [7, 11) is 0. The summed E-state index contributed by atoms with van der Waals surface area (Å²) in [5.41, 5.74) is 1.15. The topological polar surface area (TPSA) is 57.7 Å². The molecule has 0 fully saturated rings. The van der Waals surface area contributed by atoms with Crippen molar-refractivity contribution in [3.63, 3.8) is 0 Å². The molecule has 28 heavy (non-hydrogen) atoms. The maximum absolute atomic E-state index is 11.9. The van der Waals surface area contributed by atoms with Crippen LogP contribution < -0.4 is 9.47 Å². The number of fused-ring (bicyclic) bond motifs is 1. The minimum absolute atomic E-state index is 0.337. The summed E-state index contributed by atoms with van der Waals surface area (Å²) < 4.78 is 17.7. The van der Waals surface area contributed by atoms with Gasteiger partial charge >= 0.3 is 5.97 Å². The van der Waals surface area contributed by atoms with Gasteiger partial charge in [0.2, 0.25) is 0 Å². The lowest BCUT2D eigenvalue weighted by molar-refractivity contribution is -0.158. The van der Waals surface area contributed by atoms with Crippen LogP contribution in [0, 0.1) is 0 Å². The quantitative estimate of drug-likeness (QED) is 0.373. The summed E-state index contributed by atoms with van der Waals surface area (Å²) in [5.74, 6) is 0.276. The van der Waals surface area contributed by atoms with Gasteiger partial charge in [-0.3, -0.25) is 0 Å². The Morgan fingerprint density at radius 1 is 1.11 bits per heavy atom. The summed E-state index contributed by atoms with van der Waals surface area (Å²) in [5, 5.41) is 0.714. The van der Waals surface area contributed by atoms with E-state index < -0.39 is 5.60 Å². The third-order valence-electron chi connectivity index (χ3n) is 4.17. The lowest BCUT2D eigenvalue weighted by Gasteiger charge is -2.24. The van der Waals surface area contributed by atoms with Crippen molar-refractivity contribution >= 4 is 27.5 Å². The molecular formula is C22H25NO4S. The average Bonchev–Trinajstić information content (AvgIpc) is 3.09. The third-order valence-corrected chi connectivity index (χ3v) is 5.12. The molecule has 5 nitrogen and oxygen atoms in total. The van der Waals surface area contributed by atoms with Crippen molar-refractivity contribution in [2.45, 2.75) is 39.2 Å². The molecule has 0 spiro atoms. The summed E-state index contributed by atoms with van der Waals surface area (Å²) in [6.07, 6.45) is 1.79. The first kappa shape index (κ1) is 20.1. The molecule has 0 aliphatic carbocycles. The number of aryl methyl sites for hydroxylation is 1. The fourth-order valence-electron chi connectivity index (χ4n) is 2.71. The summed E-state index contributed by atoms with van der Waals surface area (Å²) >= 11 is 1.57. The Labute approximate surface area is 169 Å². The Balaban J connectivity index is 1.46. The van der Waals surface area contributed by atoms with E-state index in [1.807, 2.05) is 48.5 Å². The highest BCUT2D eigenvalue weighted by atomic mass is 32.1. The molecule has 0 saturated carbocycles. The molecule has 1 aromatic heterocycles. The Bertz CT molecular complexity index is 885. The molecule has 148 valence electrons. The molecule has 2 aromatic carbocycles. The van der Waals surface area contributed by atoms with E-state index in [9.17, 15) is 4.79 Å². The maximum Gasteiger partial charge on any atom is 0.349 e. The normalized spacial score (nSPS) is 11.4. The molecule has 6 heteroatoms. The van der Waals surface area contributed by atoms with Crippen molar-refractivity contribution in [1.29, 1.82) is 0 Å². The second-order valence-corrected chi connectivity index (χ2v) is 7.87. The number of rotatable bonds is 9. The molecule has 0 saturated heterocycles. The van der Waals surface area contributed by atoms with Gasteiger partial charge in [0, 0.05) is 0 Å². The van der Waals surface area contributed by atoms with Crippen molar-refractivity contribution in [2.24, 2.45) is 0 Å². The van der Waals surface area contributed by atoms with Gasteiger partial charge in [-0.1, -0.05) is 35.6 Å². The molecule has 3 aromatic rings. The first-order chi connectivity index (χ1) is 13.5. The van der Waals surface area contributed by atoms with Gasteiger partial charge in [-0.2, -0.15) is 0 Å². The predicted molar refractivity (Wildman–Crippen MR) is 111 cm³/mol. The zero-order valence-electron chi connectivity index (χ0n) is 16.4. The Hall–Kier alpha value is -2.60. The number of ether oxygens (including phenoxy) is 3. The molecular weight excluding hydrogens is 374 g/mol. The van der Waals surface area contributed by atoms with Gasteiger partial charge in [0.25, 0.3) is 5.19 Å². The second kappa shape index (κ2) is 9.06. The van der Waals surface area contributed by atoms with E-state index >= 15 is 0 Å². The Morgan fingerprint density at radius 3 is 2.57 bits per heavy atom. The fourth-order valence-corrected chi connectivity index (χ4v) is 3.55. The lowest BCUT2D eigenvalue weighted by Crippen LogP contribution is -2.39. The summed E-state index contributed by atoms with van der Waals surface area (Å²) in [4.78, 5) is 16.4. The molecule has 3 rings (SSSR count). The molecule has 0 bridgehead atoms. The minimum atomic E-state index is -1.01. The molecule has 0 unspecified atom stereocenters. The Kier molecular flexibility index (Phi) is 6.52. The van der Waals surface area contributed by atoms with Crippen molar-refractivity contribution in [3.8, 4) is 10.9 Å². The van der Waals surface area contributed by atoms with Gasteiger partial charge in [0.05, 0.1) is 23.4 Å². The van der Waals surface area contributed by atoms with Crippen molar-refractivity contribution in [2.75, 3.05) is 13.2 Å². The number of benzene rings is 2. The van der Waals surface area contributed by atoms with Crippen LogP contribution >= 0.6 is 11.3 Å². The standard InChI is InChI=1S/C22H25NO4S/c1-4-25-20(24)22(2,3)27-17-13-11-16(12-14-17)8-7-15-26-21-23-18-9-5-6-10-19(18)28-21/h5-6,9-14H,4,7-8,15H2,1-3H3. The zero-order valence-corrected chi connectivity index (χ0v) is 17.3. The van der Waals surface area contributed by atoms with Crippen LogP contribution in [0.5, 0.6) is 10.9 Å². The molecule has 0 radical (unpaired) electrons. The van der Waals surface area contributed by atoms with E-state index in [0.29, 0.717) is 24.2 Å². The van der Waals surface area contributed by atoms with Crippen LogP contribution in [0.15, 0.2) is 48.5 Å². The number of thiazole rings is 1. The number of esters is 1. The van der Waals surface area contributed by atoms with Gasteiger partial charge in [-0.15, -0.1) is 0 Å². The van der Waals surface area contributed by atoms with Gasteiger partial charge in [0.15, 0.2) is 5.60 Å². The highest BCUT2D eigenvalue weighted by Gasteiger charge is 2.31. The summed E-state index contributed by atoms with van der Waals surface area (Å²) in [6, 6.07) is 15.8. The predicted octanol–water partition coefficient (Wildman–Crippen LogP) is 5.03. The van der Waals surface area contributed by atoms with Crippen LogP contribution in [0.4, 0.5) is 0 Å². The molecule has 1 heterocycles. The van der Waals surface area contributed by atoms with Crippen LogP contribution in [0.3, 0.4) is 0 Å². The van der Waals surface area contributed by atoms with Crippen molar-refractivity contribution in [1.82, 2.24) is 4.98 Å². The lowest BCUT2D eigenvalue weighted by atomic mass is 10.1. The minimum Gasteiger partial charge on any atom is -0.476 e. The first-order valence-electron chi connectivity index (χ1n) is 9.41. The van der Waals surface area contributed by atoms with Crippen LogP contribution in [0.2, 0.25) is 0 Å². The molecule has 0 amide bonds. The molecule has 0 aliphatic rings. The van der Waals surface area contributed by atoms with Gasteiger partial charge in [-0.05, 0) is 63.4 Å². The smallest absolute Gasteiger partial charge is 0.349 e. The number of carbonyl (C=O) groups excluding carboxylic acids is 1. The highest BCUT2D eigenvalue weighted by molar-refractivity contribution is 7.20. The van der Waals surface area contributed by atoms with E-state index in [1.165, 1.54) is 5.56 Å². The first-order valence-corrected chi connectivity index (χ1v) is 10.2. The second-order valence-electron chi connectivity index (χ2n) is 6.88. The largest absolute Gasteiger partial charge is 0.476 e. The monoisotopic (exact) mass is 399 g/mol. The van der Waals surface area contributed by atoms with Crippen LogP contribution in [0.1, 0.15) is 32.8 Å². The third kappa shape index (κ3) is 5.23. The summed E-state index contributed by atoms with van der Waals surface area (Å²) in [6.45, 7) is 6.15. The zero-order chi connectivity index (χ0) is 20.0. The molecule has 0 N–H and O–H groups in total. The number of hydrogen-bond acceptors (Lipinski definition) is 6. The van der Waals surface area contributed by atoms with Crippen molar-refractivity contribution < 1.29 is 19.0 Å². The van der Waals surface area contributed by atoms with Crippen LogP contribution in [-0.4, -0.2) is 29.8 Å². The SMILES string of the molecule is CCOC(=O)C(C)(C)Oc1ccc(CCCOc2nc3ccccc3s2)cc1. The highest BCUT2D eigenvalue weighted by Crippen LogP contribution is 2.27. The number of hydrogen-bond donors (Lipinski definition) is 0. The number of aromatic nitrogens is 1. The maximum atomic E-state index is 11.9. The van der Waals surface area contributed by atoms with E-state index in [-0.39, 0.29) is 5.97 Å². The van der Waals surface area contributed by atoms with E-state index in [4.69, 9.17) is 14.2 Å². The molecule has 0 atom stereocenters. The van der Waals surface area contributed by atoms with Gasteiger partial charge in [0.1, 0.15) is 5.75 Å². The van der Waals surface area contributed by atoms with E-state index in [2.05, 4.69) is 4.98 Å². The fraction of sp³-hybridized carbons (Fsp3) is 0.364. The average molecular weight is 400 g/mol. The number of nitrogens with zero attached hydrogens (tertiary/aromatic N) is 1. The van der Waals surface area contributed by atoms with E-state index in [0.717, 1.165) is 23.1 Å². The van der Waals surface area contributed by atoms with Crippen LogP contribution in [0.25, 0.3) is 10.2 Å². The van der Waals surface area contributed by atoms with Crippen LogP contribution in [-0.2, 0) is 16.0 Å².